The number of hydroxylamine groups is 2. The first kappa shape index (κ1) is 9.35. The smallest absolute Gasteiger partial charge is 0.214 e. The van der Waals surface area contributed by atoms with Crippen molar-refractivity contribution in [3.63, 3.8) is 0 Å². The zero-order valence-electron chi connectivity index (χ0n) is 7.23. The molecule has 3 atom stereocenters. The van der Waals surface area contributed by atoms with E-state index in [1.807, 2.05) is 13.8 Å². The van der Waals surface area contributed by atoms with Gasteiger partial charge in [0, 0.05) is 6.54 Å². The Labute approximate surface area is 71.1 Å². The molecule has 1 fully saturated rings. The lowest BCUT2D eigenvalue weighted by Gasteiger charge is -2.16. The van der Waals surface area contributed by atoms with E-state index in [0.29, 0.717) is 6.54 Å². The van der Waals surface area contributed by atoms with E-state index in [1.54, 1.807) is 0 Å². The summed E-state index contributed by atoms with van der Waals surface area (Å²) in [4.78, 5) is 21.2. The van der Waals surface area contributed by atoms with E-state index in [4.69, 9.17) is 0 Å². The number of Topliss-reactive ketones (excluding diaryl/α,β-unsaturated/α-hetero) is 1. The molecule has 0 radical (unpaired) electrons. The van der Waals surface area contributed by atoms with Gasteiger partial charge in [-0.05, 0) is 11.8 Å². The molecule has 1 N–H and O–H groups in total. The summed E-state index contributed by atoms with van der Waals surface area (Å²) < 4.78 is 0. The van der Waals surface area contributed by atoms with Crippen molar-refractivity contribution in [3.05, 3.63) is 0 Å². The molecule has 12 heavy (non-hydrogen) atoms. The van der Waals surface area contributed by atoms with Crippen LogP contribution < -0.4 is 0 Å². The van der Waals surface area contributed by atoms with E-state index in [-0.39, 0.29) is 18.1 Å². The van der Waals surface area contributed by atoms with Crippen molar-refractivity contribution in [3.8, 4) is 0 Å². The molecule has 3 unspecified atom stereocenters. The van der Waals surface area contributed by atoms with Gasteiger partial charge in [-0.3, -0.25) is 9.59 Å². The Morgan fingerprint density at radius 2 is 2.17 bits per heavy atom. The van der Waals surface area contributed by atoms with Crippen molar-refractivity contribution >= 4 is 12.1 Å². The Bertz CT molecular complexity index is 204. The highest BCUT2D eigenvalue weighted by molar-refractivity contribution is 6.27. The second kappa shape index (κ2) is 3.33. The molecule has 0 bridgehead atoms. The Morgan fingerprint density at radius 1 is 1.58 bits per heavy atom. The second-order valence-electron chi connectivity index (χ2n) is 3.42. The first-order valence-corrected chi connectivity index (χ1v) is 4.02. The first-order chi connectivity index (χ1) is 5.57. The predicted molar refractivity (Wildman–Crippen MR) is 41.7 cm³/mol. The maximum Gasteiger partial charge on any atom is 0.214 e. The molecule has 0 saturated carbocycles. The van der Waals surface area contributed by atoms with Gasteiger partial charge in [-0.2, -0.15) is 5.06 Å². The van der Waals surface area contributed by atoms with Gasteiger partial charge < -0.3 is 5.21 Å². The molecule has 0 aromatic carbocycles. The Kier molecular flexibility index (Phi) is 2.59. The summed E-state index contributed by atoms with van der Waals surface area (Å²) >= 11 is 0. The summed E-state index contributed by atoms with van der Waals surface area (Å²) in [7, 11) is 0. The number of nitrogens with zero attached hydrogens (tertiary/aromatic N) is 1. The third-order valence-electron chi connectivity index (χ3n) is 2.60. The molecular formula is C8H13NO3. The van der Waals surface area contributed by atoms with Crippen LogP contribution in [0.1, 0.15) is 13.8 Å². The van der Waals surface area contributed by atoms with Crippen LogP contribution in [-0.4, -0.2) is 34.9 Å². The van der Waals surface area contributed by atoms with Gasteiger partial charge in [0.15, 0.2) is 6.29 Å². The molecule has 0 aromatic heterocycles. The van der Waals surface area contributed by atoms with Gasteiger partial charge in [0.1, 0.15) is 6.04 Å². The van der Waals surface area contributed by atoms with E-state index in [0.717, 1.165) is 5.06 Å². The third kappa shape index (κ3) is 1.40. The maximum absolute atomic E-state index is 11.0. The van der Waals surface area contributed by atoms with E-state index in [2.05, 4.69) is 0 Å². The predicted octanol–water partition coefficient (Wildman–Crippen LogP) is 0.1000. The van der Waals surface area contributed by atoms with Gasteiger partial charge in [-0.15, -0.1) is 0 Å². The number of ketones is 1. The summed E-state index contributed by atoms with van der Waals surface area (Å²) in [6.45, 7) is 4.28. The summed E-state index contributed by atoms with van der Waals surface area (Å²) in [6.07, 6.45) is 0.280. The van der Waals surface area contributed by atoms with Crippen molar-refractivity contribution in [1.82, 2.24) is 5.06 Å². The molecule has 1 rings (SSSR count). The van der Waals surface area contributed by atoms with Crippen LogP contribution in [0, 0.1) is 11.8 Å². The zero-order valence-corrected chi connectivity index (χ0v) is 7.23. The van der Waals surface area contributed by atoms with Crippen LogP contribution >= 0.6 is 0 Å². The fourth-order valence-corrected chi connectivity index (χ4v) is 1.63. The average molecular weight is 171 g/mol. The monoisotopic (exact) mass is 171 g/mol. The molecule has 0 amide bonds. The summed E-state index contributed by atoms with van der Waals surface area (Å²) in [5.41, 5.74) is 0. The highest BCUT2D eigenvalue weighted by Gasteiger charge is 2.40. The van der Waals surface area contributed by atoms with Crippen molar-refractivity contribution in [2.24, 2.45) is 11.8 Å². The van der Waals surface area contributed by atoms with Gasteiger partial charge in [0.25, 0.3) is 0 Å². The third-order valence-corrected chi connectivity index (χ3v) is 2.60. The van der Waals surface area contributed by atoms with Crippen LogP contribution in [0.5, 0.6) is 0 Å². The van der Waals surface area contributed by atoms with E-state index in [1.165, 1.54) is 0 Å². The van der Waals surface area contributed by atoms with E-state index < -0.39 is 11.8 Å². The highest BCUT2D eigenvalue weighted by atomic mass is 16.5. The fraction of sp³-hybridized carbons (Fsp3) is 0.750. The zero-order chi connectivity index (χ0) is 9.30. The number of carbonyl (C=O) groups is 2. The second-order valence-corrected chi connectivity index (χ2v) is 3.42. The van der Waals surface area contributed by atoms with Gasteiger partial charge in [-0.1, -0.05) is 13.8 Å². The SMILES string of the molecule is CC1CN(O)C(C(=O)C=O)C1C. The van der Waals surface area contributed by atoms with Crippen molar-refractivity contribution in [2.45, 2.75) is 19.9 Å². The lowest BCUT2D eigenvalue weighted by Crippen LogP contribution is -2.37. The number of hydrogen-bond donors (Lipinski definition) is 1. The molecule has 0 aromatic rings. The van der Waals surface area contributed by atoms with E-state index in [9.17, 15) is 14.8 Å². The Balaban J connectivity index is 2.75. The van der Waals surface area contributed by atoms with Crippen LogP contribution in [0.25, 0.3) is 0 Å². The van der Waals surface area contributed by atoms with Crippen LogP contribution in [0.15, 0.2) is 0 Å². The molecule has 1 heterocycles. The van der Waals surface area contributed by atoms with Crippen molar-refractivity contribution < 1.29 is 14.8 Å². The van der Waals surface area contributed by atoms with Gasteiger partial charge in [-0.25, -0.2) is 0 Å². The number of carbonyl (C=O) groups excluding carboxylic acids is 2. The molecule has 4 heteroatoms. The Hall–Kier alpha value is -0.740. The standard InChI is InChI=1S/C8H13NO3/c1-5-3-9(12)8(6(5)2)7(11)4-10/h4-6,8,12H,3H2,1-2H3. The van der Waals surface area contributed by atoms with E-state index >= 15 is 0 Å². The van der Waals surface area contributed by atoms with Crippen LogP contribution in [0.2, 0.25) is 0 Å². The van der Waals surface area contributed by atoms with Crippen molar-refractivity contribution in [1.29, 1.82) is 0 Å². The average Bonchev–Trinajstić information content (AvgIpc) is 2.26. The molecule has 68 valence electrons. The summed E-state index contributed by atoms with van der Waals surface area (Å²) in [5, 5.41) is 10.2. The molecule has 4 nitrogen and oxygen atoms in total. The lowest BCUT2D eigenvalue weighted by molar-refractivity contribution is -0.149. The van der Waals surface area contributed by atoms with Crippen molar-refractivity contribution in [2.75, 3.05) is 6.54 Å². The summed E-state index contributed by atoms with van der Waals surface area (Å²) in [6, 6.07) is -0.627. The van der Waals surface area contributed by atoms with Gasteiger partial charge in [0.05, 0.1) is 0 Å². The first-order valence-electron chi connectivity index (χ1n) is 4.02. The maximum atomic E-state index is 11.0. The minimum atomic E-state index is -0.627. The lowest BCUT2D eigenvalue weighted by atomic mass is 9.92. The summed E-state index contributed by atoms with van der Waals surface area (Å²) in [5.74, 6) is -0.231. The molecule has 0 spiro atoms. The molecule has 1 saturated heterocycles. The molecular weight excluding hydrogens is 158 g/mol. The molecule has 0 aliphatic carbocycles. The number of rotatable bonds is 2. The van der Waals surface area contributed by atoms with Crippen LogP contribution in [-0.2, 0) is 9.59 Å². The normalized spacial score (nSPS) is 36.8. The molecule has 1 aliphatic rings. The highest BCUT2D eigenvalue weighted by Crippen LogP contribution is 2.27. The van der Waals surface area contributed by atoms with Gasteiger partial charge >= 0.3 is 0 Å². The number of hydrogen-bond acceptors (Lipinski definition) is 4. The minimum absolute atomic E-state index is 0.0488. The topological polar surface area (TPSA) is 57.6 Å². The Morgan fingerprint density at radius 3 is 2.50 bits per heavy atom. The number of aldehydes is 1. The molecule has 1 aliphatic heterocycles. The van der Waals surface area contributed by atoms with Crippen LogP contribution in [0.4, 0.5) is 0 Å². The quantitative estimate of drug-likeness (QED) is 0.473. The van der Waals surface area contributed by atoms with Crippen LogP contribution in [0.3, 0.4) is 0 Å². The fourth-order valence-electron chi connectivity index (χ4n) is 1.63. The minimum Gasteiger partial charge on any atom is -0.313 e. The largest absolute Gasteiger partial charge is 0.313 e. The van der Waals surface area contributed by atoms with Gasteiger partial charge in [0.2, 0.25) is 5.78 Å².